The fourth-order valence-corrected chi connectivity index (χ4v) is 4.26. The van der Waals surface area contributed by atoms with Crippen molar-refractivity contribution in [3.63, 3.8) is 0 Å². The molecule has 156 valence electrons. The number of phenolic OH excluding ortho intramolecular Hbond substituents is 1. The Hall–Kier alpha value is -1.79. The number of aryl methyl sites for hydroxylation is 1. The lowest BCUT2D eigenvalue weighted by Gasteiger charge is -2.32. The van der Waals surface area contributed by atoms with Gasteiger partial charge in [-0.15, -0.1) is 0 Å². The second-order valence-corrected chi connectivity index (χ2v) is 7.86. The van der Waals surface area contributed by atoms with Gasteiger partial charge in [0.15, 0.2) is 5.96 Å². The Balaban J connectivity index is 1.61. The van der Waals surface area contributed by atoms with Crippen molar-refractivity contribution < 1.29 is 9.84 Å². The molecule has 6 nitrogen and oxygen atoms in total. The lowest BCUT2D eigenvalue weighted by molar-refractivity contribution is 0.128. The zero-order valence-corrected chi connectivity index (χ0v) is 17.5. The van der Waals surface area contributed by atoms with Gasteiger partial charge in [0.1, 0.15) is 5.75 Å². The Morgan fingerprint density at radius 3 is 2.79 bits per heavy atom. The Kier molecular flexibility index (Phi) is 7.98. The Morgan fingerprint density at radius 1 is 1.25 bits per heavy atom. The Bertz CT molecular complexity index is 654. The van der Waals surface area contributed by atoms with E-state index < -0.39 is 0 Å². The van der Waals surface area contributed by atoms with E-state index in [1.807, 2.05) is 6.07 Å². The number of nitrogens with zero attached hydrogens (tertiary/aromatic N) is 2. The summed E-state index contributed by atoms with van der Waals surface area (Å²) in [7, 11) is 1.76. The molecule has 1 heterocycles. The molecule has 6 heteroatoms. The van der Waals surface area contributed by atoms with Crippen molar-refractivity contribution in [2.24, 2.45) is 4.99 Å². The van der Waals surface area contributed by atoms with Crippen LogP contribution in [0.5, 0.6) is 5.75 Å². The predicted octanol–water partition coefficient (Wildman–Crippen LogP) is 2.44. The van der Waals surface area contributed by atoms with Crippen LogP contribution in [0.1, 0.15) is 49.3 Å². The molecule has 1 aliphatic carbocycles. The summed E-state index contributed by atoms with van der Waals surface area (Å²) in [5, 5.41) is 17.4. The number of likely N-dealkylation sites (tertiary alicyclic amines) is 1. The van der Waals surface area contributed by atoms with Gasteiger partial charge in [0.05, 0.1) is 13.2 Å². The van der Waals surface area contributed by atoms with Gasteiger partial charge in [-0.1, -0.05) is 6.07 Å². The number of aliphatic imine (C=N–C) groups is 1. The van der Waals surface area contributed by atoms with Gasteiger partial charge in [0.25, 0.3) is 0 Å². The smallest absolute Gasteiger partial charge is 0.191 e. The highest BCUT2D eigenvalue weighted by atomic mass is 16.5. The second kappa shape index (κ2) is 10.7. The van der Waals surface area contributed by atoms with Gasteiger partial charge in [-0.2, -0.15) is 0 Å². The number of methoxy groups -OCH3 is 1. The number of hydrogen-bond acceptors (Lipinski definition) is 4. The molecular weight excluding hydrogens is 352 g/mol. The fourth-order valence-electron chi connectivity index (χ4n) is 4.26. The summed E-state index contributed by atoms with van der Waals surface area (Å²) in [5.41, 5.74) is 3.71. The average molecular weight is 389 g/mol. The third-order valence-corrected chi connectivity index (χ3v) is 5.91. The molecule has 3 N–H and O–H groups in total. The highest BCUT2D eigenvalue weighted by molar-refractivity contribution is 5.80. The van der Waals surface area contributed by atoms with Gasteiger partial charge in [-0.05, 0) is 62.6 Å². The van der Waals surface area contributed by atoms with Crippen LogP contribution in [-0.2, 0) is 24.1 Å². The van der Waals surface area contributed by atoms with E-state index >= 15 is 0 Å². The summed E-state index contributed by atoms with van der Waals surface area (Å²) in [6.07, 6.45) is 6.84. The van der Waals surface area contributed by atoms with E-state index in [-0.39, 0.29) is 0 Å². The van der Waals surface area contributed by atoms with Crippen LogP contribution >= 0.6 is 0 Å². The molecule has 1 saturated heterocycles. The highest BCUT2D eigenvalue weighted by Crippen LogP contribution is 2.31. The van der Waals surface area contributed by atoms with Gasteiger partial charge in [0.2, 0.25) is 0 Å². The number of benzene rings is 1. The lowest BCUT2D eigenvalue weighted by Crippen LogP contribution is -2.49. The Labute approximate surface area is 169 Å². The van der Waals surface area contributed by atoms with Gasteiger partial charge >= 0.3 is 0 Å². The Morgan fingerprint density at radius 2 is 2.04 bits per heavy atom. The van der Waals surface area contributed by atoms with Crippen LogP contribution in [0, 0.1) is 0 Å². The van der Waals surface area contributed by atoms with Gasteiger partial charge in [0, 0.05) is 44.9 Å². The van der Waals surface area contributed by atoms with Crippen molar-refractivity contribution in [3.8, 4) is 5.75 Å². The van der Waals surface area contributed by atoms with Crippen molar-refractivity contribution in [2.45, 2.75) is 58.0 Å². The van der Waals surface area contributed by atoms with E-state index in [4.69, 9.17) is 9.73 Å². The zero-order valence-electron chi connectivity index (χ0n) is 17.5. The normalized spacial score (nSPS) is 18.7. The van der Waals surface area contributed by atoms with Crippen molar-refractivity contribution in [1.82, 2.24) is 15.5 Å². The number of hydrogen-bond donors (Lipinski definition) is 3. The minimum Gasteiger partial charge on any atom is -0.508 e. The first-order chi connectivity index (χ1) is 13.7. The summed E-state index contributed by atoms with van der Waals surface area (Å²) < 4.78 is 5.18. The molecule has 0 spiro atoms. The molecule has 3 rings (SSSR count). The molecule has 0 aromatic heterocycles. The maximum Gasteiger partial charge on any atom is 0.191 e. The first-order valence-electron chi connectivity index (χ1n) is 10.8. The van der Waals surface area contributed by atoms with Crippen molar-refractivity contribution in [3.05, 3.63) is 28.8 Å². The molecule has 1 fully saturated rings. The van der Waals surface area contributed by atoms with Crippen LogP contribution in [0.25, 0.3) is 0 Å². The molecule has 1 aliphatic heterocycles. The zero-order chi connectivity index (χ0) is 19.8. The van der Waals surface area contributed by atoms with Crippen molar-refractivity contribution in [1.29, 1.82) is 0 Å². The number of ether oxygens (including phenoxy) is 1. The maximum atomic E-state index is 10.4. The molecule has 0 amide bonds. The average Bonchev–Trinajstić information content (AvgIpc) is 2.72. The summed E-state index contributed by atoms with van der Waals surface area (Å²) in [4.78, 5) is 7.27. The van der Waals surface area contributed by atoms with Crippen LogP contribution in [0.3, 0.4) is 0 Å². The van der Waals surface area contributed by atoms with E-state index in [1.54, 1.807) is 7.11 Å². The molecule has 28 heavy (non-hydrogen) atoms. The van der Waals surface area contributed by atoms with Crippen molar-refractivity contribution in [2.75, 3.05) is 39.9 Å². The molecular formula is C22H36N4O2. The van der Waals surface area contributed by atoms with Crippen LogP contribution in [0.2, 0.25) is 0 Å². The molecule has 0 atom stereocenters. The largest absolute Gasteiger partial charge is 0.508 e. The van der Waals surface area contributed by atoms with Gasteiger partial charge in [-0.3, -0.25) is 0 Å². The van der Waals surface area contributed by atoms with Crippen LogP contribution in [0.15, 0.2) is 17.1 Å². The van der Waals surface area contributed by atoms with Crippen LogP contribution in [-0.4, -0.2) is 61.9 Å². The number of aromatic hydroxyl groups is 1. The second-order valence-electron chi connectivity index (χ2n) is 7.86. The number of fused-ring (bicyclic) bond motifs is 1. The van der Waals surface area contributed by atoms with E-state index in [0.717, 1.165) is 70.0 Å². The van der Waals surface area contributed by atoms with E-state index in [1.165, 1.54) is 24.0 Å². The van der Waals surface area contributed by atoms with Crippen molar-refractivity contribution >= 4 is 5.96 Å². The number of rotatable bonds is 7. The third-order valence-electron chi connectivity index (χ3n) is 5.91. The van der Waals surface area contributed by atoms with E-state index in [2.05, 4.69) is 28.5 Å². The quantitative estimate of drug-likeness (QED) is 0.494. The highest BCUT2D eigenvalue weighted by Gasteiger charge is 2.20. The summed E-state index contributed by atoms with van der Waals surface area (Å²) >= 11 is 0. The fraction of sp³-hybridized carbons (Fsp3) is 0.682. The number of guanidine groups is 1. The van der Waals surface area contributed by atoms with Crippen LogP contribution in [0.4, 0.5) is 0 Å². The topological polar surface area (TPSA) is 69.1 Å². The van der Waals surface area contributed by atoms with E-state index in [9.17, 15) is 5.11 Å². The summed E-state index contributed by atoms with van der Waals surface area (Å²) in [6.45, 7) is 7.44. The SMILES string of the molecule is CCNC(=NCc1c(O)ccc2c1CCCC2)NC1CCN(CCOC)CC1. The molecule has 2 aliphatic rings. The molecule has 1 aromatic carbocycles. The van der Waals surface area contributed by atoms with Gasteiger partial charge in [-0.25, -0.2) is 4.99 Å². The number of phenols is 1. The molecule has 0 unspecified atom stereocenters. The predicted molar refractivity (Wildman–Crippen MR) is 114 cm³/mol. The molecule has 1 aromatic rings. The standard InChI is InChI=1S/C22H36N4O2/c1-3-23-22(25-18-10-12-26(13-11-18)14-15-28-2)24-16-20-19-7-5-4-6-17(19)8-9-21(20)27/h8-9,18,27H,3-7,10-16H2,1-2H3,(H2,23,24,25). The van der Waals surface area contributed by atoms with Gasteiger partial charge < -0.3 is 25.4 Å². The third kappa shape index (κ3) is 5.61. The number of nitrogens with one attached hydrogen (secondary N) is 2. The lowest BCUT2D eigenvalue weighted by atomic mass is 9.88. The minimum atomic E-state index is 0.381. The summed E-state index contributed by atoms with van der Waals surface area (Å²) in [6, 6.07) is 4.36. The first-order valence-corrected chi connectivity index (χ1v) is 10.8. The maximum absolute atomic E-state index is 10.4. The molecule has 0 radical (unpaired) electrons. The number of piperidine rings is 1. The minimum absolute atomic E-state index is 0.381. The monoisotopic (exact) mass is 388 g/mol. The van der Waals surface area contributed by atoms with E-state index in [0.29, 0.717) is 18.3 Å². The molecule has 0 bridgehead atoms. The molecule has 0 saturated carbocycles. The summed E-state index contributed by atoms with van der Waals surface area (Å²) in [5.74, 6) is 1.23. The first kappa shape index (κ1) is 20.9. The van der Waals surface area contributed by atoms with Crippen LogP contribution < -0.4 is 10.6 Å².